The molecule has 31 heavy (non-hydrogen) atoms. The number of hydrogen-bond donors (Lipinski definition) is 1. The highest BCUT2D eigenvalue weighted by Crippen LogP contribution is 2.37. The number of carbonyl (C=O) groups excluding carboxylic acids is 3. The van der Waals surface area contributed by atoms with Crippen LogP contribution in [0.25, 0.3) is 0 Å². The van der Waals surface area contributed by atoms with Crippen molar-refractivity contribution in [3.8, 4) is 0 Å². The van der Waals surface area contributed by atoms with Crippen molar-refractivity contribution in [3.63, 3.8) is 0 Å². The zero-order chi connectivity index (χ0) is 23.1. The molecule has 9 nitrogen and oxygen atoms in total. The number of rotatable bonds is 8. The summed E-state index contributed by atoms with van der Waals surface area (Å²) in [6.45, 7) is 7.50. The predicted molar refractivity (Wildman–Crippen MR) is 108 cm³/mol. The largest absolute Gasteiger partial charge is 0.456 e. The van der Waals surface area contributed by atoms with Crippen LogP contribution >= 0.6 is 11.6 Å². The molecular formula is C21H25ClO9. The molecule has 1 aliphatic rings. The fraction of sp³-hybridized carbons (Fsp3) is 0.476. The second-order valence-corrected chi connectivity index (χ2v) is 7.24. The molecule has 0 bridgehead atoms. The van der Waals surface area contributed by atoms with E-state index >= 15 is 0 Å². The molecule has 1 aliphatic heterocycles. The minimum atomic E-state index is -1.54. The third-order valence-electron chi connectivity index (χ3n) is 4.30. The van der Waals surface area contributed by atoms with Gasteiger partial charge in [0.05, 0.1) is 13.2 Å². The number of hydrogen-bond acceptors (Lipinski definition) is 9. The zero-order valence-electron chi connectivity index (χ0n) is 17.4. The average molecular weight is 457 g/mol. The molecule has 0 aliphatic carbocycles. The van der Waals surface area contributed by atoms with Gasteiger partial charge < -0.3 is 28.8 Å². The summed E-state index contributed by atoms with van der Waals surface area (Å²) >= 11 is 6.23. The van der Waals surface area contributed by atoms with E-state index in [1.165, 1.54) is 6.92 Å². The van der Waals surface area contributed by atoms with E-state index in [9.17, 15) is 19.5 Å². The lowest BCUT2D eigenvalue weighted by molar-refractivity contribution is -0.296. The Hall–Kier alpha value is -2.46. The van der Waals surface area contributed by atoms with E-state index < -0.39 is 48.6 Å². The van der Waals surface area contributed by atoms with Crippen molar-refractivity contribution < 1.29 is 43.2 Å². The van der Waals surface area contributed by atoms with E-state index in [2.05, 4.69) is 6.58 Å². The Labute approximate surface area is 184 Å². The number of aliphatic hydroxyl groups is 1. The van der Waals surface area contributed by atoms with Crippen LogP contribution in [0.4, 0.5) is 0 Å². The van der Waals surface area contributed by atoms with Gasteiger partial charge in [0, 0.05) is 25.8 Å². The monoisotopic (exact) mass is 456 g/mol. The first kappa shape index (κ1) is 24.8. The molecule has 5 atom stereocenters. The maximum Gasteiger partial charge on any atom is 0.305 e. The summed E-state index contributed by atoms with van der Waals surface area (Å²) in [6.07, 6.45) is -5.07. The van der Waals surface area contributed by atoms with E-state index in [0.29, 0.717) is 22.8 Å². The predicted octanol–water partition coefficient (Wildman–Crippen LogP) is 2.23. The van der Waals surface area contributed by atoms with Crippen molar-refractivity contribution in [2.45, 2.75) is 58.1 Å². The minimum absolute atomic E-state index is 0.176. The van der Waals surface area contributed by atoms with E-state index in [4.69, 9.17) is 35.3 Å². The first-order valence-corrected chi connectivity index (χ1v) is 9.84. The number of halogens is 1. The minimum Gasteiger partial charge on any atom is -0.456 e. The van der Waals surface area contributed by atoms with Gasteiger partial charge in [-0.25, -0.2) is 0 Å². The normalized spacial score (nSPS) is 25.4. The number of benzene rings is 1. The van der Waals surface area contributed by atoms with Crippen molar-refractivity contribution in [2.24, 2.45) is 0 Å². The Morgan fingerprint density at radius 2 is 1.71 bits per heavy atom. The molecule has 1 aromatic carbocycles. The maximum atomic E-state index is 11.7. The second kappa shape index (κ2) is 11.2. The Balaban J connectivity index is 2.43. The van der Waals surface area contributed by atoms with Crippen LogP contribution in [0, 0.1) is 0 Å². The van der Waals surface area contributed by atoms with E-state index in [1.807, 2.05) is 0 Å². The first-order chi connectivity index (χ1) is 14.6. The van der Waals surface area contributed by atoms with E-state index in [0.717, 1.165) is 13.8 Å². The molecule has 1 saturated heterocycles. The molecule has 1 unspecified atom stereocenters. The van der Waals surface area contributed by atoms with Gasteiger partial charge in [-0.3, -0.25) is 14.4 Å². The molecule has 0 radical (unpaired) electrons. The molecule has 2 rings (SSSR count). The SMILES string of the molecule is C=CCOCc1cc([C@@H]2OC(OC(C)=O)[C@@H](OC(C)=O)[C@H](O)[C@H]2OC(C)=O)ccc1Cl. The Bertz CT molecular complexity index is 825. The summed E-state index contributed by atoms with van der Waals surface area (Å²) in [7, 11) is 0. The van der Waals surface area contributed by atoms with Gasteiger partial charge in [0.15, 0.2) is 12.2 Å². The molecule has 170 valence electrons. The summed E-state index contributed by atoms with van der Waals surface area (Å²) in [5.74, 6) is -2.14. The summed E-state index contributed by atoms with van der Waals surface area (Å²) in [4.78, 5) is 34.7. The lowest BCUT2D eigenvalue weighted by atomic mass is 9.92. The molecule has 0 saturated carbocycles. The zero-order valence-corrected chi connectivity index (χ0v) is 18.2. The topological polar surface area (TPSA) is 118 Å². The third-order valence-corrected chi connectivity index (χ3v) is 4.67. The third kappa shape index (κ3) is 6.76. The van der Waals surface area contributed by atoms with Crippen LogP contribution in [-0.4, -0.2) is 54.2 Å². The average Bonchev–Trinajstić information content (AvgIpc) is 2.67. The lowest BCUT2D eigenvalue weighted by Crippen LogP contribution is -2.58. The smallest absolute Gasteiger partial charge is 0.305 e. The van der Waals surface area contributed by atoms with Crippen molar-refractivity contribution in [2.75, 3.05) is 6.61 Å². The summed E-state index contributed by atoms with van der Waals surface area (Å²) in [5.41, 5.74) is 1.09. The van der Waals surface area contributed by atoms with E-state index in [1.54, 1.807) is 24.3 Å². The van der Waals surface area contributed by atoms with Gasteiger partial charge in [-0.15, -0.1) is 6.58 Å². The fourth-order valence-electron chi connectivity index (χ4n) is 3.13. The molecule has 0 spiro atoms. The van der Waals surface area contributed by atoms with Crippen LogP contribution in [-0.2, 0) is 44.7 Å². The van der Waals surface area contributed by atoms with Gasteiger partial charge in [-0.2, -0.15) is 0 Å². The van der Waals surface area contributed by atoms with Crippen LogP contribution < -0.4 is 0 Å². The van der Waals surface area contributed by atoms with Crippen LogP contribution in [0.15, 0.2) is 30.9 Å². The highest BCUT2D eigenvalue weighted by atomic mass is 35.5. The molecule has 0 aromatic heterocycles. The van der Waals surface area contributed by atoms with Gasteiger partial charge in [0.25, 0.3) is 0 Å². The van der Waals surface area contributed by atoms with Gasteiger partial charge in [0.1, 0.15) is 12.2 Å². The number of carbonyl (C=O) groups is 3. The molecular weight excluding hydrogens is 432 g/mol. The molecule has 1 heterocycles. The molecule has 1 N–H and O–H groups in total. The highest BCUT2D eigenvalue weighted by Gasteiger charge is 2.51. The van der Waals surface area contributed by atoms with Crippen molar-refractivity contribution in [1.29, 1.82) is 0 Å². The maximum absolute atomic E-state index is 11.7. The fourth-order valence-corrected chi connectivity index (χ4v) is 3.30. The molecule has 1 fully saturated rings. The van der Waals surface area contributed by atoms with Crippen molar-refractivity contribution in [3.05, 3.63) is 47.0 Å². The van der Waals surface area contributed by atoms with Gasteiger partial charge in [-0.05, 0) is 23.3 Å². The Morgan fingerprint density at radius 1 is 1.10 bits per heavy atom. The Kier molecular flexibility index (Phi) is 9.00. The van der Waals surface area contributed by atoms with E-state index in [-0.39, 0.29) is 6.61 Å². The Morgan fingerprint density at radius 3 is 2.29 bits per heavy atom. The second-order valence-electron chi connectivity index (χ2n) is 6.83. The summed E-state index contributed by atoms with van der Waals surface area (Å²) in [6, 6.07) is 4.88. The number of ether oxygens (including phenoxy) is 5. The lowest BCUT2D eigenvalue weighted by Gasteiger charge is -2.42. The van der Waals surface area contributed by atoms with Crippen LogP contribution in [0.2, 0.25) is 5.02 Å². The quantitative estimate of drug-likeness (QED) is 0.272. The van der Waals surface area contributed by atoms with Gasteiger partial charge in [0.2, 0.25) is 6.29 Å². The van der Waals surface area contributed by atoms with Crippen LogP contribution in [0.5, 0.6) is 0 Å². The van der Waals surface area contributed by atoms with Crippen LogP contribution in [0.3, 0.4) is 0 Å². The number of esters is 3. The molecule has 1 aromatic rings. The van der Waals surface area contributed by atoms with Crippen molar-refractivity contribution in [1.82, 2.24) is 0 Å². The van der Waals surface area contributed by atoms with Gasteiger partial charge >= 0.3 is 17.9 Å². The highest BCUT2D eigenvalue weighted by molar-refractivity contribution is 6.31. The van der Waals surface area contributed by atoms with Gasteiger partial charge in [-0.1, -0.05) is 23.7 Å². The summed E-state index contributed by atoms with van der Waals surface area (Å²) in [5, 5.41) is 11.3. The molecule has 0 amide bonds. The summed E-state index contributed by atoms with van der Waals surface area (Å²) < 4.78 is 26.8. The first-order valence-electron chi connectivity index (χ1n) is 9.46. The molecule has 10 heteroatoms. The van der Waals surface area contributed by atoms with Crippen LogP contribution in [0.1, 0.15) is 38.0 Å². The van der Waals surface area contributed by atoms with Crippen molar-refractivity contribution >= 4 is 29.5 Å². The number of aliphatic hydroxyl groups excluding tert-OH is 1. The standard InChI is InChI=1S/C21H25ClO9/c1-5-8-27-10-15-9-14(6-7-16(15)22)18-19(28-11(2)23)17(26)20(29-12(3)24)21(31-18)30-13(4)25/h5-7,9,17-21,26H,1,8,10H2,2-4H3/t17-,18+,19-,20+,21?/m1/s1.